The number of phenols is 1. The number of aromatic nitrogens is 1. The fourth-order valence-corrected chi connectivity index (χ4v) is 4.21. The monoisotopic (exact) mass is 500 g/mol. The van der Waals surface area contributed by atoms with Gasteiger partial charge in [0.25, 0.3) is 0 Å². The summed E-state index contributed by atoms with van der Waals surface area (Å²) in [6.07, 6.45) is 4.58. The van der Waals surface area contributed by atoms with Crippen LogP contribution in [0.2, 0.25) is 0 Å². The number of hydrogen-bond donors (Lipinski definition) is 3. The second kappa shape index (κ2) is 10.3. The first-order valence-electron chi connectivity index (χ1n) is 9.30. The Morgan fingerprint density at radius 3 is 2.67 bits per heavy atom. The van der Waals surface area contributed by atoms with Crippen LogP contribution in [-0.4, -0.2) is 23.1 Å². The van der Waals surface area contributed by atoms with Crippen LogP contribution in [0.4, 0.5) is 0 Å². The van der Waals surface area contributed by atoms with Crippen LogP contribution in [0.15, 0.2) is 22.5 Å². The van der Waals surface area contributed by atoms with Gasteiger partial charge < -0.3 is 15.7 Å². The first-order chi connectivity index (χ1) is 12.6. The maximum Gasteiger partial charge on any atom is 0.191 e. The second-order valence-corrected chi connectivity index (χ2v) is 7.95. The number of rotatable bonds is 5. The molecule has 0 aliphatic heterocycles. The average molecular weight is 500 g/mol. The molecule has 5 nitrogen and oxygen atoms in total. The van der Waals surface area contributed by atoms with Crippen molar-refractivity contribution in [1.82, 2.24) is 15.6 Å². The summed E-state index contributed by atoms with van der Waals surface area (Å²) in [5.41, 5.74) is 4.82. The minimum Gasteiger partial charge on any atom is -0.508 e. The number of benzene rings is 1. The van der Waals surface area contributed by atoms with Gasteiger partial charge in [0.1, 0.15) is 10.8 Å². The molecule has 1 aliphatic rings. The van der Waals surface area contributed by atoms with E-state index in [1.807, 2.05) is 6.07 Å². The molecule has 7 heteroatoms. The minimum atomic E-state index is 0. The van der Waals surface area contributed by atoms with E-state index in [0.29, 0.717) is 24.8 Å². The smallest absolute Gasteiger partial charge is 0.191 e. The lowest BCUT2D eigenvalue weighted by atomic mass is 9.88. The summed E-state index contributed by atoms with van der Waals surface area (Å²) in [6.45, 7) is 5.53. The average Bonchev–Trinajstić information content (AvgIpc) is 3.12. The van der Waals surface area contributed by atoms with E-state index in [-0.39, 0.29) is 24.0 Å². The first-order valence-corrected chi connectivity index (χ1v) is 10.2. The number of nitrogens with zero attached hydrogens (tertiary/aromatic N) is 2. The molecule has 0 fully saturated rings. The number of aliphatic imine (C=N–C) groups is 1. The van der Waals surface area contributed by atoms with E-state index in [2.05, 4.69) is 45.9 Å². The number of aromatic hydroxyl groups is 1. The van der Waals surface area contributed by atoms with E-state index >= 15 is 0 Å². The number of phenolic OH excluding ortho intramolecular Hbond substituents is 1. The molecule has 0 saturated heterocycles. The van der Waals surface area contributed by atoms with Crippen LogP contribution >= 0.6 is 35.3 Å². The van der Waals surface area contributed by atoms with E-state index < -0.39 is 0 Å². The minimum absolute atomic E-state index is 0. The van der Waals surface area contributed by atoms with Gasteiger partial charge in [-0.15, -0.1) is 35.3 Å². The van der Waals surface area contributed by atoms with E-state index in [9.17, 15) is 5.11 Å². The quantitative estimate of drug-likeness (QED) is 0.325. The van der Waals surface area contributed by atoms with Gasteiger partial charge in [-0.1, -0.05) is 19.9 Å². The first kappa shape index (κ1) is 21.9. The van der Waals surface area contributed by atoms with Crippen LogP contribution in [0.3, 0.4) is 0 Å². The summed E-state index contributed by atoms with van der Waals surface area (Å²) >= 11 is 1.67. The van der Waals surface area contributed by atoms with Gasteiger partial charge in [-0.25, -0.2) is 4.98 Å². The number of fused-ring (bicyclic) bond motifs is 1. The molecular weight excluding hydrogens is 471 g/mol. The Kier molecular flexibility index (Phi) is 8.34. The maximum atomic E-state index is 10.3. The van der Waals surface area contributed by atoms with Gasteiger partial charge in [0.2, 0.25) is 0 Å². The molecule has 3 N–H and O–H groups in total. The zero-order chi connectivity index (χ0) is 18.5. The van der Waals surface area contributed by atoms with Crippen molar-refractivity contribution in [2.24, 2.45) is 4.99 Å². The number of halogens is 1. The molecule has 0 spiro atoms. The highest BCUT2D eigenvalue weighted by molar-refractivity contribution is 14.0. The van der Waals surface area contributed by atoms with Gasteiger partial charge in [-0.3, -0.25) is 4.99 Å². The second-order valence-electron chi connectivity index (χ2n) is 7.01. The zero-order valence-electron chi connectivity index (χ0n) is 16.2. The molecule has 1 aliphatic carbocycles. The Labute approximate surface area is 182 Å². The topological polar surface area (TPSA) is 69.5 Å². The third-order valence-electron chi connectivity index (χ3n) is 4.85. The van der Waals surface area contributed by atoms with Crippen LogP contribution in [0.5, 0.6) is 5.75 Å². The molecule has 0 atom stereocenters. The number of guanidine groups is 1. The van der Waals surface area contributed by atoms with Crippen LogP contribution in [0, 0.1) is 0 Å². The van der Waals surface area contributed by atoms with E-state index in [1.54, 1.807) is 18.4 Å². The molecule has 3 rings (SSSR count). The number of thiazole rings is 1. The van der Waals surface area contributed by atoms with Gasteiger partial charge in [0, 0.05) is 24.5 Å². The van der Waals surface area contributed by atoms with Crippen molar-refractivity contribution in [3.63, 3.8) is 0 Å². The fraction of sp³-hybridized carbons (Fsp3) is 0.500. The largest absolute Gasteiger partial charge is 0.508 e. The number of nitrogens with one attached hydrogen (secondary N) is 2. The normalized spacial score (nSPS) is 13.9. The number of hydrogen-bond acceptors (Lipinski definition) is 4. The Bertz CT molecular complexity index is 788. The third kappa shape index (κ3) is 5.57. The lowest BCUT2D eigenvalue weighted by Gasteiger charge is -2.21. The van der Waals surface area contributed by atoms with Gasteiger partial charge in [-0.05, 0) is 48.8 Å². The predicted octanol–water partition coefficient (Wildman–Crippen LogP) is 4.33. The van der Waals surface area contributed by atoms with E-state index in [0.717, 1.165) is 35.1 Å². The highest BCUT2D eigenvalue weighted by atomic mass is 127. The van der Waals surface area contributed by atoms with Gasteiger partial charge in [0.15, 0.2) is 5.96 Å². The summed E-state index contributed by atoms with van der Waals surface area (Å²) < 4.78 is 0. The molecule has 148 valence electrons. The molecule has 0 unspecified atom stereocenters. The Morgan fingerprint density at radius 2 is 1.96 bits per heavy atom. The highest BCUT2D eigenvalue weighted by Gasteiger charge is 2.16. The Hall–Kier alpha value is -1.35. The molecule has 0 bridgehead atoms. The molecule has 2 aromatic rings. The molecule has 1 heterocycles. The van der Waals surface area contributed by atoms with Crippen LogP contribution in [0.1, 0.15) is 60.0 Å². The predicted molar refractivity (Wildman–Crippen MR) is 123 cm³/mol. The van der Waals surface area contributed by atoms with Crippen molar-refractivity contribution in [3.8, 4) is 5.75 Å². The summed E-state index contributed by atoms with van der Waals surface area (Å²) in [4.78, 5) is 8.93. The Balaban J connectivity index is 0.00000261. The summed E-state index contributed by atoms with van der Waals surface area (Å²) in [5, 5.41) is 20.1. The van der Waals surface area contributed by atoms with Crippen LogP contribution < -0.4 is 10.6 Å². The zero-order valence-corrected chi connectivity index (χ0v) is 19.4. The number of aryl methyl sites for hydroxylation is 1. The van der Waals surface area contributed by atoms with E-state index in [4.69, 9.17) is 0 Å². The van der Waals surface area contributed by atoms with Crippen molar-refractivity contribution >= 4 is 41.3 Å². The van der Waals surface area contributed by atoms with Crippen LogP contribution in [-0.2, 0) is 25.9 Å². The lowest BCUT2D eigenvalue weighted by molar-refractivity contribution is 0.464. The van der Waals surface area contributed by atoms with Crippen molar-refractivity contribution in [2.45, 2.75) is 58.5 Å². The lowest BCUT2D eigenvalue weighted by Crippen LogP contribution is -2.36. The standard InChI is InChI=1S/C20H28N4OS.HI/c1-13(2)17-12-26-19(24-17)11-23-20(21-3)22-10-16-15-7-5-4-6-14(15)8-9-18(16)25;/h8-9,12-13,25H,4-7,10-11H2,1-3H3,(H2,21,22,23);1H. The van der Waals surface area contributed by atoms with Crippen molar-refractivity contribution < 1.29 is 5.11 Å². The molecule has 1 aromatic heterocycles. The van der Waals surface area contributed by atoms with Crippen molar-refractivity contribution in [3.05, 3.63) is 44.9 Å². The molecule has 1 aromatic carbocycles. The summed E-state index contributed by atoms with van der Waals surface area (Å²) in [6, 6.07) is 3.88. The SMILES string of the molecule is CN=C(NCc1nc(C(C)C)cs1)NCc1c(O)ccc2c1CCCC2.I. The fourth-order valence-electron chi connectivity index (χ4n) is 3.31. The molecule has 0 radical (unpaired) electrons. The molecular formula is C20H29IN4OS. The van der Waals surface area contributed by atoms with Gasteiger partial charge in [0.05, 0.1) is 12.2 Å². The van der Waals surface area contributed by atoms with Crippen molar-refractivity contribution in [1.29, 1.82) is 0 Å². The molecule has 0 amide bonds. The summed E-state index contributed by atoms with van der Waals surface area (Å²) in [5.74, 6) is 1.54. The Morgan fingerprint density at radius 1 is 1.22 bits per heavy atom. The summed E-state index contributed by atoms with van der Waals surface area (Å²) in [7, 11) is 1.76. The molecule has 27 heavy (non-hydrogen) atoms. The van der Waals surface area contributed by atoms with Crippen LogP contribution in [0.25, 0.3) is 0 Å². The van der Waals surface area contributed by atoms with Crippen molar-refractivity contribution in [2.75, 3.05) is 7.05 Å². The van der Waals surface area contributed by atoms with E-state index in [1.165, 1.54) is 24.0 Å². The molecule has 0 saturated carbocycles. The maximum absolute atomic E-state index is 10.3. The highest BCUT2D eigenvalue weighted by Crippen LogP contribution is 2.30. The van der Waals surface area contributed by atoms with Gasteiger partial charge >= 0.3 is 0 Å². The third-order valence-corrected chi connectivity index (χ3v) is 5.72. The van der Waals surface area contributed by atoms with Gasteiger partial charge in [-0.2, -0.15) is 0 Å².